The third-order valence-electron chi connectivity index (χ3n) is 8.80. The SMILES string of the molecule is CCOc1ccccc1C1(C2CNc3ccccc32)C(=O)[N+](C(=O)[O-])(S(=O)(=O)c2ccccc2F)CC(C#N)N1c1ccc(C#N)cn1. The van der Waals surface area contributed by atoms with Crippen LogP contribution in [-0.4, -0.2) is 55.0 Å². The third kappa shape index (κ3) is 4.49. The molecule has 2 aliphatic heterocycles. The van der Waals surface area contributed by atoms with Gasteiger partial charge >= 0.3 is 15.9 Å². The number of rotatable bonds is 7. The fraction of sp³-hybridized carbons (Fsp3) is 0.206. The topological polar surface area (TPSA) is 176 Å². The van der Waals surface area contributed by atoms with Crippen molar-refractivity contribution in [3.8, 4) is 17.9 Å². The number of ether oxygens (including phenoxy) is 1. The highest BCUT2D eigenvalue weighted by Crippen LogP contribution is 2.56. The quantitative estimate of drug-likeness (QED) is 0.286. The number of para-hydroxylation sites is 2. The van der Waals surface area contributed by atoms with Crippen molar-refractivity contribution >= 4 is 33.5 Å². The number of quaternary nitrogens is 1. The van der Waals surface area contributed by atoms with Crippen molar-refractivity contribution in [3.63, 3.8) is 0 Å². The fourth-order valence-corrected chi connectivity index (χ4v) is 8.61. The van der Waals surface area contributed by atoms with Crippen molar-refractivity contribution < 1.29 is 36.1 Å². The Kier molecular flexibility index (Phi) is 8.08. The minimum Gasteiger partial charge on any atom is -0.497 e. The Morgan fingerprint density at radius 1 is 1.10 bits per heavy atom. The van der Waals surface area contributed by atoms with Gasteiger partial charge in [0.25, 0.3) is 6.09 Å². The summed E-state index contributed by atoms with van der Waals surface area (Å²) in [6.45, 7) is 0.589. The molecule has 0 radical (unpaired) electrons. The number of fused-ring (bicyclic) bond motifs is 1. The number of imide groups is 1. The van der Waals surface area contributed by atoms with Gasteiger partial charge in [-0.2, -0.15) is 18.9 Å². The van der Waals surface area contributed by atoms with E-state index in [1.807, 2.05) is 12.1 Å². The summed E-state index contributed by atoms with van der Waals surface area (Å²) < 4.78 is 48.1. The highest BCUT2D eigenvalue weighted by atomic mass is 32.2. The molecule has 0 spiro atoms. The summed E-state index contributed by atoms with van der Waals surface area (Å²) in [7, 11) is -5.52. The Labute approximate surface area is 275 Å². The number of benzene rings is 3. The molecule has 4 unspecified atom stereocenters. The van der Waals surface area contributed by atoms with Crippen LogP contribution in [0.5, 0.6) is 5.75 Å². The van der Waals surface area contributed by atoms with Gasteiger partial charge in [0.1, 0.15) is 30.0 Å². The Morgan fingerprint density at radius 2 is 1.81 bits per heavy atom. The first kappa shape index (κ1) is 32.1. The second kappa shape index (κ2) is 12.1. The monoisotopic (exact) mass is 666 g/mol. The summed E-state index contributed by atoms with van der Waals surface area (Å²) in [5.41, 5.74) is -1.10. The number of pyridine rings is 1. The largest absolute Gasteiger partial charge is 0.497 e. The van der Waals surface area contributed by atoms with Gasteiger partial charge in [-0.1, -0.05) is 52.4 Å². The predicted octanol–water partition coefficient (Wildman–Crippen LogP) is 3.38. The second-order valence-corrected chi connectivity index (χ2v) is 13.2. The van der Waals surface area contributed by atoms with Crippen LogP contribution in [0.4, 0.5) is 20.7 Å². The normalized spacial score (nSPS) is 23.3. The van der Waals surface area contributed by atoms with Crippen LogP contribution in [0, 0.1) is 28.5 Å². The van der Waals surface area contributed by atoms with E-state index >= 15 is 9.18 Å². The molecule has 4 aromatic rings. The first-order chi connectivity index (χ1) is 23.1. The highest BCUT2D eigenvalue weighted by molar-refractivity contribution is 7.86. The molecule has 0 saturated carbocycles. The summed E-state index contributed by atoms with van der Waals surface area (Å²) in [4.78, 5) is 34.0. The lowest BCUT2D eigenvalue weighted by molar-refractivity contribution is -0.693. The molecule has 2 aliphatic rings. The average molecular weight is 667 g/mol. The number of carbonyl (C=O) groups is 2. The molecule has 1 aromatic heterocycles. The van der Waals surface area contributed by atoms with Crippen LogP contribution < -0.4 is 20.1 Å². The molecular formula is C34H27FN6O6S. The number of aromatic nitrogens is 1. The number of nitrogens with one attached hydrogen (secondary N) is 1. The van der Waals surface area contributed by atoms with E-state index in [0.29, 0.717) is 11.3 Å². The number of anilines is 2. The lowest BCUT2D eigenvalue weighted by Gasteiger charge is -2.55. The molecule has 3 aromatic carbocycles. The number of carboxylic acid groups (broad SMARTS) is 1. The van der Waals surface area contributed by atoms with E-state index in [4.69, 9.17) is 4.74 Å². The van der Waals surface area contributed by atoms with Gasteiger partial charge in [0.15, 0.2) is 16.5 Å². The molecule has 0 aliphatic carbocycles. The predicted molar refractivity (Wildman–Crippen MR) is 167 cm³/mol. The number of hydrogen-bond donors (Lipinski definition) is 1. The molecule has 4 atom stereocenters. The summed E-state index contributed by atoms with van der Waals surface area (Å²) in [5, 5.41) is 37.0. The van der Waals surface area contributed by atoms with Crippen molar-refractivity contribution in [3.05, 3.63) is 114 Å². The molecule has 0 bridgehead atoms. The Hall–Kier alpha value is -5.83. The van der Waals surface area contributed by atoms with Crippen LogP contribution in [0.15, 0.2) is 96.0 Å². The first-order valence-electron chi connectivity index (χ1n) is 14.8. The molecule has 1 fully saturated rings. The van der Waals surface area contributed by atoms with Crippen LogP contribution >= 0.6 is 0 Å². The summed E-state index contributed by atoms with van der Waals surface area (Å²) in [6, 6.07) is 22.3. The van der Waals surface area contributed by atoms with Crippen LogP contribution in [0.3, 0.4) is 0 Å². The minimum absolute atomic E-state index is 0.0241. The molecule has 6 rings (SSSR count). The molecule has 12 nitrogen and oxygen atoms in total. The van der Waals surface area contributed by atoms with E-state index in [1.54, 1.807) is 49.4 Å². The van der Waals surface area contributed by atoms with Gasteiger partial charge in [-0.15, -0.1) is 0 Å². The summed E-state index contributed by atoms with van der Waals surface area (Å²) in [6.07, 6.45) is -1.15. The summed E-state index contributed by atoms with van der Waals surface area (Å²) >= 11 is 0. The van der Waals surface area contributed by atoms with E-state index in [2.05, 4.69) is 10.3 Å². The molecule has 1 N–H and O–H groups in total. The van der Waals surface area contributed by atoms with Gasteiger partial charge in [-0.05, 0) is 48.9 Å². The zero-order valence-electron chi connectivity index (χ0n) is 25.4. The van der Waals surface area contributed by atoms with Gasteiger partial charge in [-0.3, -0.25) is 0 Å². The van der Waals surface area contributed by atoms with Gasteiger partial charge in [-0.25, -0.2) is 14.2 Å². The van der Waals surface area contributed by atoms with Crippen LogP contribution in [0.2, 0.25) is 0 Å². The van der Waals surface area contributed by atoms with Crippen LogP contribution in [0.25, 0.3) is 0 Å². The Morgan fingerprint density at radius 3 is 2.48 bits per heavy atom. The molecule has 14 heteroatoms. The highest BCUT2D eigenvalue weighted by Gasteiger charge is 2.73. The number of carbonyl (C=O) groups excluding carboxylic acids is 2. The maximum atomic E-state index is 15.8. The standard InChI is InChI=1S/C34H27FN6O6S/c1-2-47-29-13-7-4-10-25(29)34(26-20-38-28-12-6-3-9-24(26)28)32(42)41(33(43)44,48(45,46)30-14-8-5-11-27(30)35)21-23(18-37)40(34)31-16-15-22(17-36)19-39-31/h3-16,19,23,26,38H,2,20-21H2,1H3. The second-order valence-electron chi connectivity index (χ2n) is 11.1. The van der Waals surface area contributed by atoms with Gasteiger partial charge in [0.05, 0.1) is 18.2 Å². The molecule has 48 heavy (non-hydrogen) atoms. The zero-order valence-corrected chi connectivity index (χ0v) is 26.2. The number of amides is 2. The van der Waals surface area contributed by atoms with E-state index in [1.165, 1.54) is 41.4 Å². The van der Waals surface area contributed by atoms with Crippen LogP contribution in [-0.2, 0) is 20.4 Å². The Bertz CT molecular complexity index is 2130. The third-order valence-corrected chi connectivity index (χ3v) is 11.0. The van der Waals surface area contributed by atoms with Crippen molar-refractivity contribution in [2.24, 2.45) is 0 Å². The lowest BCUT2D eigenvalue weighted by Crippen LogP contribution is -2.81. The van der Waals surface area contributed by atoms with E-state index < -0.39 is 60.7 Å². The van der Waals surface area contributed by atoms with Crippen molar-refractivity contribution in [2.75, 3.05) is 29.9 Å². The maximum absolute atomic E-state index is 15.8. The molecule has 2 amide bonds. The molecule has 242 valence electrons. The summed E-state index contributed by atoms with van der Waals surface area (Å²) in [5.74, 6) is -3.73. The van der Waals surface area contributed by atoms with E-state index in [9.17, 15) is 28.8 Å². The zero-order chi connectivity index (χ0) is 34.3. The van der Waals surface area contributed by atoms with E-state index in [-0.39, 0.29) is 35.8 Å². The van der Waals surface area contributed by atoms with E-state index in [0.717, 1.165) is 12.1 Å². The number of hydrogen-bond acceptors (Lipinski definition) is 11. The maximum Gasteiger partial charge on any atom is 0.366 e. The lowest BCUT2D eigenvalue weighted by atomic mass is 9.70. The minimum atomic E-state index is -5.52. The number of nitrogens with zero attached hydrogens (tertiary/aromatic N) is 5. The van der Waals surface area contributed by atoms with Crippen molar-refractivity contribution in [1.82, 2.24) is 4.98 Å². The van der Waals surface area contributed by atoms with Gasteiger partial charge in [0.2, 0.25) is 0 Å². The molecule has 3 heterocycles. The van der Waals surface area contributed by atoms with Gasteiger partial charge < -0.3 is 24.9 Å². The van der Waals surface area contributed by atoms with Gasteiger partial charge in [0, 0.05) is 29.9 Å². The van der Waals surface area contributed by atoms with Crippen molar-refractivity contribution in [2.45, 2.75) is 29.3 Å². The molecule has 1 saturated heterocycles. The Balaban J connectivity index is 1.81. The number of sulfonamides is 1. The number of halogens is 1. The fourth-order valence-electron chi connectivity index (χ4n) is 6.82. The first-order valence-corrected chi connectivity index (χ1v) is 16.3. The number of piperazine rings is 1. The molecular weight excluding hydrogens is 639 g/mol. The van der Waals surface area contributed by atoms with Crippen molar-refractivity contribution in [1.29, 1.82) is 10.5 Å². The van der Waals surface area contributed by atoms with Crippen LogP contribution in [0.1, 0.15) is 29.5 Å². The smallest absolute Gasteiger partial charge is 0.366 e. The number of nitriles is 2. The average Bonchev–Trinajstić information content (AvgIpc) is 3.53.